The van der Waals surface area contributed by atoms with Gasteiger partial charge in [-0.1, -0.05) is 0 Å². The number of rotatable bonds is 0. The fraction of sp³-hybridized carbons (Fsp3) is 0.667. The van der Waals surface area contributed by atoms with Crippen molar-refractivity contribution in [1.29, 1.82) is 0 Å². The molecule has 3 aliphatic heterocycles. The molecule has 0 amide bonds. The van der Waals surface area contributed by atoms with E-state index < -0.39 is 0 Å². The van der Waals surface area contributed by atoms with E-state index in [1.54, 1.807) is 0 Å². The van der Waals surface area contributed by atoms with E-state index in [0.717, 1.165) is 13.0 Å². The summed E-state index contributed by atoms with van der Waals surface area (Å²) in [5, 5.41) is 6.22. The van der Waals surface area contributed by atoms with Gasteiger partial charge in [0.2, 0.25) is 0 Å². The van der Waals surface area contributed by atoms with Crippen molar-refractivity contribution < 1.29 is 4.79 Å². The molecule has 2 N–H and O–H groups in total. The molecular formula is C6H8N2O. The van der Waals surface area contributed by atoms with E-state index in [4.69, 9.17) is 0 Å². The fourth-order valence-corrected chi connectivity index (χ4v) is 1.35. The Hall–Kier alpha value is -0.790. The quantitative estimate of drug-likeness (QED) is 0.408. The fourth-order valence-electron chi connectivity index (χ4n) is 1.35. The van der Waals surface area contributed by atoms with E-state index >= 15 is 0 Å². The largest absolute Gasteiger partial charge is 0.377 e. The molecule has 3 saturated heterocycles. The van der Waals surface area contributed by atoms with Gasteiger partial charge in [-0.05, 0) is 6.42 Å². The molecule has 0 aliphatic carbocycles. The zero-order valence-electron chi connectivity index (χ0n) is 4.98. The van der Waals surface area contributed by atoms with Crippen molar-refractivity contribution in [3.8, 4) is 0 Å². The SMILES string of the molecule is O=C=C1NCC2CC1N2. The summed E-state index contributed by atoms with van der Waals surface area (Å²) in [6.07, 6.45) is 1.11. The number of piperidine rings is 1. The van der Waals surface area contributed by atoms with Gasteiger partial charge in [-0.2, -0.15) is 0 Å². The summed E-state index contributed by atoms with van der Waals surface area (Å²) in [5.74, 6) is 1.88. The maximum atomic E-state index is 10.1. The highest BCUT2D eigenvalue weighted by Gasteiger charge is 2.36. The highest BCUT2D eigenvalue weighted by atomic mass is 16.1. The molecule has 3 rings (SSSR count). The maximum Gasteiger partial charge on any atom is 0.147 e. The predicted molar refractivity (Wildman–Crippen MR) is 32.5 cm³/mol. The van der Waals surface area contributed by atoms with Crippen molar-refractivity contribution in [2.75, 3.05) is 6.54 Å². The zero-order chi connectivity index (χ0) is 6.27. The number of piperazine rings is 1. The van der Waals surface area contributed by atoms with Gasteiger partial charge in [0.05, 0.1) is 6.04 Å². The molecule has 9 heavy (non-hydrogen) atoms. The Labute approximate surface area is 53.1 Å². The predicted octanol–water partition coefficient (Wildman–Crippen LogP) is -0.964. The number of nitrogens with one attached hydrogen (secondary N) is 2. The number of fused-ring (bicyclic) bond motifs is 2. The minimum atomic E-state index is 0.293. The maximum absolute atomic E-state index is 10.1. The van der Waals surface area contributed by atoms with Crippen LogP contribution in [0.15, 0.2) is 5.70 Å². The summed E-state index contributed by atoms with van der Waals surface area (Å²) in [7, 11) is 0. The molecule has 48 valence electrons. The van der Waals surface area contributed by atoms with Gasteiger partial charge >= 0.3 is 0 Å². The summed E-state index contributed by atoms with van der Waals surface area (Å²) < 4.78 is 0. The summed E-state index contributed by atoms with van der Waals surface area (Å²) in [4.78, 5) is 10.1. The van der Waals surface area contributed by atoms with Crippen LogP contribution in [0, 0.1) is 0 Å². The van der Waals surface area contributed by atoms with Crippen LogP contribution in [0.3, 0.4) is 0 Å². The third-order valence-corrected chi connectivity index (χ3v) is 1.95. The molecule has 0 saturated carbocycles. The second-order valence-corrected chi connectivity index (χ2v) is 2.55. The molecule has 0 aromatic carbocycles. The highest BCUT2D eigenvalue weighted by molar-refractivity contribution is 5.55. The molecule has 0 spiro atoms. The standard InChI is InChI=1S/C6H8N2O/c9-3-6-5-1-4(8-5)2-7-6/h4-5,7-8H,1-2H2. The van der Waals surface area contributed by atoms with Gasteiger partial charge < -0.3 is 10.6 Å². The van der Waals surface area contributed by atoms with Crippen LogP contribution in [0.25, 0.3) is 0 Å². The van der Waals surface area contributed by atoms with E-state index in [2.05, 4.69) is 10.6 Å². The second kappa shape index (κ2) is 1.59. The Morgan fingerprint density at radius 1 is 1.67 bits per heavy atom. The Morgan fingerprint density at radius 3 is 2.78 bits per heavy atom. The molecule has 3 nitrogen and oxygen atoms in total. The highest BCUT2D eigenvalue weighted by Crippen LogP contribution is 2.20. The lowest BCUT2D eigenvalue weighted by molar-refractivity contribution is 0.242. The van der Waals surface area contributed by atoms with Crippen LogP contribution in [-0.4, -0.2) is 24.6 Å². The van der Waals surface area contributed by atoms with Crippen molar-refractivity contribution in [2.45, 2.75) is 18.5 Å². The average Bonchev–Trinajstić information content (AvgIpc) is 1.86. The first kappa shape index (κ1) is 5.03. The normalized spacial score (nSPS) is 38.4. The third-order valence-electron chi connectivity index (χ3n) is 1.95. The molecule has 0 radical (unpaired) electrons. The van der Waals surface area contributed by atoms with Crippen molar-refractivity contribution in [3.05, 3.63) is 5.70 Å². The van der Waals surface area contributed by atoms with Gasteiger partial charge in [0, 0.05) is 12.6 Å². The van der Waals surface area contributed by atoms with Crippen molar-refractivity contribution >= 4 is 5.94 Å². The molecule has 2 atom stereocenters. The van der Waals surface area contributed by atoms with Crippen molar-refractivity contribution in [1.82, 2.24) is 10.6 Å². The topological polar surface area (TPSA) is 41.1 Å². The zero-order valence-corrected chi connectivity index (χ0v) is 4.98. The molecule has 2 bridgehead atoms. The van der Waals surface area contributed by atoms with Gasteiger partial charge in [-0.15, -0.1) is 0 Å². The minimum Gasteiger partial charge on any atom is -0.377 e. The van der Waals surface area contributed by atoms with E-state index in [9.17, 15) is 4.79 Å². The number of hydrogen-bond donors (Lipinski definition) is 2. The molecule has 0 aromatic rings. The first-order valence-electron chi connectivity index (χ1n) is 3.15. The Bertz CT molecular complexity index is 175. The first-order valence-corrected chi connectivity index (χ1v) is 3.15. The van der Waals surface area contributed by atoms with Crippen LogP contribution in [0.5, 0.6) is 0 Å². The molecule has 3 heteroatoms. The summed E-state index contributed by atoms with van der Waals surface area (Å²) in [6.45, 7) is 0.890. The van der Waals surface area contributed by atoms with E-state index in [1.165, 1.54) is 0 Å². The van der Waals surface area contributed by atoms with Crippen LogP contribution >= 0.6 is 0 Å². The van der Waals surface area contributed by atoms with Crippen LogP contribution in [0.2, 0.25) is 0 Å². The Morgan fingerprint density at radius 2 is 2.44 bits per heavy atom. The summed E-state index contributed by atoms with van der Waals surface area (Å²) >= 11 is 0. The molecular weight excluding hydrogens is 116 g/mol. The monoisotopic (exact) mass is 124 g/mol. The van der Waals surface area contributed by atoms with Gasteiger partial charge in [-0.3, -0.25) is 0 Å². The van der Waals surface area contributed by atoms with E-state index in [-0.39, 0.29) is 0 Å². The molecule has 3 aliphatic rings. The van der Waals surface area contributed by atoms with Gasteiger partial charge in [0.25, 0.3) is 0 Å². The molecule has 2 unspecified atom stereocenters. The van der Waals surface area contributed by atoms with Crippen LogP contribution in [0.4, 0.5) is 0 Å². The smallest absolute Gasteiger partial charge is 0.147 e. The van der Waals surface area contributed by atoms with Crippen molar-refractivity contribution in [2.24, 2.45) is 0 Å². The molecule has 3 heterocycles. The second-order valence-electron chi connectivity index (χ2n) is 2.55. The van der Waals surface area contributed by atoms with Gasteiger partial charge in [0.15, 0.2) is 0 Å². The Kier molecular flexibility index (Phi) is 0.891. The van der Waals surface area contributed by atoms with Crippen LogP contribution in [-0.2, 0) is 4.79 Å². The number of carbonyl (C=O) groups excluding carboxylic acids is 1. The van der Waals surface area contributed by atoms with E-state index in [0.29, 0.717) is 17.8 Å². The van der Waals surface area contributed by atoms with Crippen LogP contribution in [0.1, 0.15) is 6.42 Å². The first-order chi connectivity index (χ1) is 4.40. The Balaban J connectivity index is 2.18. The lowest BCUT2D eigenvalue weighted by Gasteiger charge is -2.43. The van der Waals surface area contributed by atoms with Gasteiger partial charge in [-0.25, -0.2) is 4.79 Å². The van der Waals surface area contributed by atoms with Gasteiger partial charge in [0.1, 0.15) is 11.6 Å². The lowest BCUT2D eigenvalue weighted by atomic mass is 9.90. The minimum absolute atomic E-state index is 0.293. The summed E-state index contributed by atoms with van der Waals surface area (Å²) in [5.41, 5.74) is 0.706. The molecule has 3 fully saturated rings. The van der Waals surface area contributed by atoms with E-state index in [1.807, 2.05) is 5.94 Å². The van der Waals surface area contributed by atoms with Crippen LogP contribution < -0.4 is 10.6 Å². The average molecular weight is 124 g/mol. The third kappa shape index (κ3) is 0.590. The summed E-state index contributed by atoms with van der Waals surface area (Å²) in [6, 6.07) is 0.897. The van der Waals surface area contributed by atoms with Crippen molar-refractivity contribution in [3.63, 3.8) is 0 Å². The molecule has 0 aromatic heterocycles. The number of hydrogen-bond acceptors (Lipinski definition) is 3. The lowest BCUT2D eigenvalue weighted by Crippen LogP contribution is -2.64.